The molecule has 0 fully saturated rings. The molecule has 0 bridgehead atoms. The Morgan fingerprint density at radius 3 is 2.50 bits per heavy atom. The van der Waals surface area contributed by atoms with Gasteiger partial charge in [0.25, 0.3) is 0 Å². The summed E-state index contributed by atoms with van der Waals surface area (Å²) in [7, 11) is 2.13. The minimum Gasteiger partial charge on any atom is -0.370 e. The van der Waals surface area contributed by atoms with Gasteiger partial charge in [0.05, 0.1) is 0 Å². The molecule has 3 nitrogen and oxygen atoms in total. The number of para-hydroxylation sites is 1. The lowest BCUT2D eigenvalue weighted by atomic mass is 10.1. The van der Waals surface area contributed by atoms with Crippen LogP contribution in [0.5, 0.6) is 0 Å². The summed E-state index contributed by atoms with van der Waals surface area (Å²) in [5, 5.41) is 3.48. The molecule has 2 rings (SSSR count). The van der Waals surface area contributed by atoms with Crippen molar-refractivity contribution in [1.82, 2.24) is 10.3 Å². The zero-order valence-electron chi connectivity index (χ0n) is 12.5. The van der Waals surface area contributed by atoms with Gasteiger partial charge in [-0.2, -0.15) is 0 Å². The quantitative estimate of drug-likeness (QED) is 0.872. The van der Waals surface area contributed by atoms with Crippen LogP contribution >= 0.6 is 0 Å². The molecule has 0 aliphatic rings. The van der Waals surface area contributed by atoms with Crippen LogP contribution in [-0.2, 0) is 13.1 Å². The van der Waals surface area contributed by atoms with Gasteiger partial charge in [-0.3, -0.25) is 4.98 Å². The van der Waals surface area contributed by atoms with E-state index in [0.29, 0.717) is 6.04 Å². The van der Waals surface area contributed by atoms with Gasteiger partial charge >= 0.3 is 0 Å². The normalized spacial score (nSPS) is 10.8. The Balaban J connectivity index is 2.11. The van der Waals surface area contributed by atoms with Gasteiger partial charge in [-0.15, -0.1) is 0 Å². The Bertz CT molecular complexity index is 523. The summed E-state index contributed by atoms with van der Waals surface area (Å²) in [6.45, 7) is 6.13. The Morgan fingerprint density at radius 2 is 1.80 bits per heavy atom. The molecule has 0 unspecified atom stereocenters. The van der Waals surface area contributed by atoms with Gasteiger partial charge in [0.2, 0.25) is 0 Å². The lowest BCUT2D eigenvalue weighted by Crippen LogP contribution is -2.24. The molecule has 20 heavy (non-hydrogen) atoms. The van der Waals surface area contributed by atoms with E-state index < -0.39 is 0 Å². The smallest absolute Gasteiger partial charge is 0.0427 e. The van der Waals surface area contributed by atoms with Crippen molar-refractivity contribution < 1.29 is 0 Å². The highest BCUT2D eigenvalue weighted by Gasteiger charge is 2.07. The molecule has 0 radical (unpaired) electrons. The standard InChI is InChI=1S/C17H23N3/c1-14(2)19-12-16-6-4-5-7-17(16)20(3)13-15-8-10-18-11-9-15/h4-11,14,19H,12-13H2,1-3H3. The number of benzene rings is 1. The first kappa shape index (κ1) is 14.5. The maximum absolute atomic E-state index is 4.06. The molecule has 0 saturated carbocycles. The number of hydrogen-bond donors (Lipinski definition) is 1. The Kier molecular flexibility index (Phi) is 5.13. The molecule has 1 N–H and O–H groups in total. The van der Waals surface area contributed by atoms with E-state index in [9.17, 15) is 0 Å². The number of aromatic nitrogens is 1. The second-order valence-electron chi connectivity index (χ2n) is 5.38. The summed E-state index contributed by atoms with van der Waals surface area (Å²) < 4.78 is 0. The van der Waals surface area contributed by atoms with E-state index in [1.165, 1.54) is 16.8 Å². The average Bonchev–Trinajstić information content (AvgIpc) is 2.46. The second kappa shape index (κ2) is 7.06. The van der Waals surface area contributed by atoms with Crippen molar-refractivity contribution in [3.63, 3.8) is 0 Å². The van der Waals surface area contributed by atoms with E-state index in [4.69, 9.17) is 0 Å². The third-order valence-corrected chi connectivity index (χ3v) is 3.27. The van der Waals surface area contributed by atoms with Crippen molar-refractivity contribution in [1.29, 1.82) is 0 Å². The lowest BCUT2D eigenvalue weighted by Gasteiger charge is -2.23. The van der Waals surface area contributed by atoms with Crippen LogP contribution in [0.2, 0.25) is 0 Å². The fourth-order valence-electron chi connectivity index (χ4n) is 2.19. The van der Waals surface area contributed by atoms with Gasteiger partial charge in [-0.25, -0.2) is 0 Å². The molecule has 0 spiro atoms. The number of pyridine rings is 1. The van der Waals surface area contributed by atoms with Crippen LogP contribution < -0.4 is 10.2 Å². The van der Waals surface area contributed by atoms with Crippen molar-refractivity contribution in [3.8, 4) is 0 Å². The molecule has 0 atom stereocenters. The molecule has 1 aromatic carbocycles. The van der Waals surface area contributed by atoms with Crippen LogP contribution in [0.1, 0.15) is 25.0 Å². The third-order valence-electron chi connectivity index (χ3n) is 3.27. The highest BCUT2D eigenvalue weighted by molar-refractivity contribution is 5.53. The average molecular weight is 269 g/mol. The molecule has 1 heterocycles. The molecular weight excluding hydrogens is 246 g/mol. The summed E-state index contributed by atoms with van der Waals surface area (Å²) >= 11 is 0. The van der Waals surface area contributed by atoms with Gasteiger partial charge in [0.1, 0.15) is 0 Å². The second-order valence-corrected chi connectivity index (χ2v) is 5.38. The third kappa shape index (κ3) is 4.07. The van der Waals surface area contributed by atoms with E-state index in [-0.39, 0.29) is 0 Å². The molecule has 2 aromatic rings. The maximum atomic E-state index is 4.06. The molecule has 0 amide bonds. The largest absolute Gasteiger partial charge is 0.370 e. The molecule has 0 aliphatic heterocycles. The zero-order chi connectivity index (χ0) is 14.4. The molecule has 0 aliphatic carbocycles. The van der Waals surface area contributed by atoms with Crippen LogP contribution in [0.3, 0.4) is 0 Å². The molecule has 0 saturated heterocycles. The maximum Gasteiger partial charge on any atom is 0.0427 e. The fourth-order valence-corrected chi connectivity index (χ4v) is 2.19. The molecule has 106 valence electrons. The summed E-state index contributed by atoms with van der Waals surface area (Å²) in [5.41, 5.74) is 3.88. The van der Waals surface area contributed by atoms with Crippen LogP contribution in [0.15, 0.2) is 48.8 Å². The highest BCUT2D eigenvalue weighted by Crippen LogP contribution is 2.21. The van der Waals surface area contributed by atoms with E-state index in [0.717, 1.165) is 13.1 Å². The Labute approximate surface area is 121 Å². The number of nitrogens with one attached hydrogen (secondary N) is 1. The van der Waals surface area contributed by atoms with Crippen molar-refractivity contribution >= 4 is 5.69 Å². The predicted molar refractivity (Wildman–Crippen MR) is 84.8 cm³/mol. The number of hydrogen-bond acceptors (Lipinski definition) is 3. The molecule has 1 aromatic heterocycles. The summed E-state index contributed by atoms with van der Waals surface area (Å²) in [4.78, 5) is 6.35. The first-order chi connectivity index (χ1) is 9.66. The number of rotatable bonds is 6. The van der Waals surface area contributed by atoms with Crippen LogP contribution in [0.25, 0.3) is 0 Å². The minimum atomic E-state index is 0.494. The molecular formula is C17H23N3. The van der Waals surface area contributed by atoms with Crippen LogP contribution in [-0.4, -0.2) is 18.1 Å². The predicted octanol–water partition coefficient (Wildman–Crippen LogP) is 3.22. The van der Waals surface area contributed by atoms with E-state index >= 15 is 0 Å². The summed E-state index contributed by atoms with van der Waals surface area (Å²) in [5.74, 6) is 0. The lowest BCUT2D eigenvalue weighted by molar-refractivity contribution is 0.588. The van der Waals surface area contributed by atoms with Gasteiger partial charge < -0.3 is 10.2 Å². The van der Waals surface area contributed by atoms with Crippen molar-refractivity contribution in [2.45, 2.75) is 33.0 Å². The first-order valence-electron chi connectivity index (χ1n) is 7.08. The van der Waals surface area contributed by atoms with Gasteiger partial charge in [0.15, 0.2) is 0 Å². The minimum absolute atomic E-state index is 0.494. The van der Waals surface area contributed by atoms with E-state index in [1.807, 2.05) is 12.4 Å². The Hall–Kier alpha value is -1.87. The Morgan fingerprint density at radius 1 is 1.10 bits per heavy atom. The summed E-state index contributed by atoms with van der Waals surface area (Å²) in [6.07, 6.45) is 3.69. The topological polar surface area (TPSA) is 28.2 Å². The fraction of sp³-hybridized carbons (Fsp3) is 0.353. The van der Waals surface area contributed by atoms with Crippen molar-refractivity contribution in [3.05, 3.63) is 59.9 Å². The van der Waals surface area contributed by atoms with Crippen molar-refractivity contribution in [2.24, 2.45) is 0 Å². The van der Waals surface area contributed by atoms with Crippen molar-refractivity contribution in [2.75, 3.05) is 11.9 Å². The SMILES string of the molecule is CC(C)NCc1ccccc1N(C)Cc1ccncc1. The summed E-state index contributed by atoms with van der Waals surface area (Å²) in [6, 6.07) is 13.2. The highest BCUT2D eigenvalue weighted by atomic mass is 15.1. The van der Waals surface area contributed by atoms with Crippen LogP contribution in [0.4, 0.5) is 5.69 Å². The monoisotopic (exact) mass is 269 g/mol. The van der Waals surface area contributed by atoms with E-state index in [1.54, 1.807) is 0 Å². The van der Waals surface area contributed by atoms with Gasteiger partial charge in [-0.05, 0) is 29.3 Å². The first-order valence-corrected chi connectivity index (χ1v) is 7.08. The zero-order valence-corrected chi connectivity index (χ0v) is 12.5. The number of anilines is 1. The van der Waals surface area contributed by atoms with E-state index in [2.05, 4.69) is 72.5 Å². The number of nitrogens with zero attached hydrogens (tertiary/aromatic N) is 2. The van der Waals surface area contributed by atoms with Gasteiger partial charge in [0, 0.05) is 44.3 Å². The van der Waals surface area contributed by atoms with Gasteiger partial charge in [-0.1, -0.05) is 32.0 Å². The molecule has 3 heteroatoms. The van der Waals surface area contributed by atoms with Crippen LogP contribution in [0, 0.1) is 0 Å².